The average Bonchev–Trinajstić information content (AvgIpc) is 2.33. The van der Waals surface area contributed by atoms with Crippen LogP contribution in [-0.2, 0) is 6.42 Å². The second kappa shape index (κ2) is 5.96. The number of hydrogen-bond acceptors (Lipinski definition) is 1. The van der Waals surface area contributed by atoms with Gasteiger partial charge in [-0.3, -0.25) is 0 Å². The molecule has 3 heteroatoms. The fourth-order valence-corrected chi connectivity index (χ4v) is 2.68. The van der Waals surface area contributed by atoms with Crippen LogP contribution in [0.3, 0.4) is 0 Å². The average molecular weight is 294 g/mol. The molecule has 1 atom stereocenters. The molecule has 0 aliphatic heterocycles. The van der Waals surface area contributed by atoms with Crippen LogP contribution in [-0.4, -0.2) is 0 Å². The second-order valence-electron chi connectivity index (χ2n) is 4.94. The van der Waals surface area contributed by atoms with Crippen LogP contribution in [0.25, 0.3) is 0 Å². The lowest BCUT2D eigenvalue weighted by atomic mass is 9.96. The molecule has 0 aliphatic rings. The number of rotatable bonds is 3. The molecule has 19 heavy (non-hydrogen) atoms. The van der Waals surface area contributed by atoms with Crippen molar-refractivity contribution in [3.63, 3.8) is 0 Å². The highest BCUT2D eigenvalue weighted by atomic mass is 35.5. The summed E-state index contributed by atoms with van der Waals surface area (Å²) in [6.45, 7) is 4.16. The molecule has 2 rings (SSSR count). The molecule has 0 aliphatic carbocycles. The van der Waals surface area contributed by atoms with E-state index in [1.807, 2.05) is 12.1 Å². The molecule has 0 bridgehead atoms. The molecule has 0 heterocycles. The summed E-state index contributed by atoms with van der Waals surface area (Å²) in [6.07, 6.45) is 0.683. The van der Waals surface area contributed by atoms with E-state index in [1.165, 1.54) is 11.1 Å². The van der Waals surface area contributed by atoms with Gasteiger partial charge in [-0.25, -0.2) is 0 Å². The van der Waals surface area contributed by atoms with Gasteiger partial charge in [0, 0.05) is 6.04 Å². The van der Waals surface area contributed by atoms with Crippen molar-refractivity contribution in [2.75, 3.05) is 0 Å². The topological polar surface area (TPSA) is 26.0 Å². The van der Waals surface area contributed by atoms with E-state index in [9.17, 15) is 0 Å². The van der Waals surface area contributed by atoms with Gasteiger partial charge in [0.2, 0.25) is 0 Å². The van der Waals surface area contributed by atoms with E-state index in [0.29, 0.717) is 16.5 Å². The number of aryl methyl sites for hydroxylation is 2. The molecule has 0 fully saturated rings. The maximum absolute atomic E-state index is 6.28. The van der Waals surface area contributed by atoms with Crippen molar-refractivity contribution in [2.24, 2.45) is 5.73 Å². The Kier molecular flexibility index (Phi) is 4.51. The number of halogens is 2. The molecule has 0 radical (unpaired) electrons. The smallest absolute Gasteiger partial charge is 0.0624 e. The summed E-state index contributed by atoms with van der Waals surface area (Å²) < 4.78 is 0. The van der Waals surface area contributed by atoms with E-state index in [0.717, 1.165) is 11.1 Å². The van der Waals surface area contributed by atoms with Crippen molar-refractivity contribution in [2.45, 2.75) is 26.3 Å². The first-order valence-electron chi connectivity index (χ1n) is 6.24. The lowest BCUT2D eigenvalue weighted by molar-refractivity contribution is 0.720. The lowest BCUT2D eigenvalue weighted by Crippen LogP contribution is -2.14. The van der Waals surface area contributed by atoms with E-state index in [1.54, 1.807) is 6.07 Å². The molecule has 100 valence electrons. The standard InChI is InChI=1S/C16H17Cl2N/c1-10-6-11(2)8-13(7-10)15(19)9-12-4-3-5-14(17)16(12)18/h3-8,15H,9,19H2,1-2H3. The van der Waals surface area contributed by atoms with Crippen LogP contribution >= 0.6 is 23.2 Å². The molecule has 1 unspecified atom stereocenters. The van der Waals surface area contributed by atoms with Crippen molar-refractivity contribution < 1.29 is 0 Å². The van der Waals surface area contributed by atoms with Crippen LogP contribution in [0.1, 0.15) is 28.3 Å². The van der Waals surface area contributed by atoms with Gasteiger partial charge in [0.15, 0.2) is 0 Å². The zero-order valence-electron chi connectivity index (χ0n) is 11.1. The predicted molar refractivity (Wildman–Crippen MR) is 83.0 cm³/mol. The van der Waals surface area contributed by atoms with Gasteiger partial charge in [-0.1, -0.05) is 64.7 Å². The Morgan fingerprint density at radius 3 is 2.32 bits per heavy atom. The van der Waals surface area contributed by atoms with E-state index >= 15 is 0 Å². The van der Waals surface area contributed by atoms with E-state index in [2.05, 4.69) is 32.0 Å². The van der Waals surface area contributed by atoms with Gasteiger partial charge in [0.25, 0.3) is 0 Å². The Morgan fingerprint density at radius 1 is 1.05 bits per heavy atom. The van der Waals surface area contributed by atoms with Crippen LogP contribution in [0.2, 0.25) is 10.0 Å². The Balaban J connectivity index is 2.25. The zero-order valence-corrected chi connectivity index (χ0v) is 12.6. The Hall–Kier alpha value is -1.02. The summed E-state index contributed by atoms with van der Waals surface area (Å²) in [5.74, 6) is 0. The molecule has 2 aromatic carbocycles. The van der Waals surface area contributed by atoms with Crippen LogP contribution in [0, 0.1) is 13.8 Å². The van der Waals surface area contributed by atoms with Crippen LogP contribution in [0.5, 0.6) is 0 Å². The van der Waals surface area contributed by atoms with Crippen LogP contribution in [0.15, 0.2) is 36.4 Å². The van der Waals surface area contributed by atoms with Crippen molar-refractivity contribution >= 4 is 23.2 Å². The quantitative estimate of drug-likeness (QED) is 0.860. The number of nitrogens with two attached hydrogens (primary N) is 1. The molecule has 0 saturated carbocycles. The highest BCUT2D eigenvalue weighted by molar-refractivity contribution is 6.42. The van der Waals surface area contributed by atoms with Gasteiger partial charge in [0.05, 0.1) is 10.0 Å². The summed E-state index contributed by atoms with van der Waals surface area (Å²) >= 11 is 12.2. The largest absolute Gasteiger partial charge is 0.324 e. The molecule has 0 amide bonds. The highest BCUT2D eigenvalue weighted by Gasteiger charge is 2.11. The molecular formula is C16H17Cl2N. The summed E-state index contributed by atoms with van der Waals surface area (Å²) in [5.41, 5.74) is 10.9. The van der Waals surface area contributed by atoms with Crippen LogP contribution < -0.4 is 5.73 Å². The molecule has 0 saturated heterocycles. The fraction of sp³-hybridized carbons (Fsp3) is 0.250. The number of hydrogen-bond donors (Lipinski definition) is 1. The second-order valence-corrected chi connectivity index (χ2v) is 5.73. The third-order valence-corrected chi connectivity index (χ3v) is 4.00. The van der Waals surface area contributed by atoms with Crippen LogP contribution in [0.4, 0.5) is 0 Å². The van der Waals surface area contributed by atoms with Gasteiger partial charge in [0.1, 0.15) is 0 Å². The van der Waals surface area contributed by atoms with E-state index in [4.69, 9.17) is 28.9 Å². The first kappa shape index (κ1) is 14.4. The van der Waals surface area contributed by atoms with Gasteiger partial charge in [-0.15, -0.1) is 0 Å². The van der Waals surface area contributed by atoms with Gasteiger partial charge in [-0.2, -0.15) is 0 Å². The lowest BCUT2D eigenvalue weighted by Gasteiger charge is -2.15. The Bertz CT molecular complexity index is 573. The predicted octanol–water partition coefficient (Wildman–Crippen LogP) is 4.85. The minimum absolute atomic E-state index is 0.0745. The summed E-state index contributed by atoms with van der Waals surface area (Å²) in [4.78, 5) is 0. The van der Waals surface area contributed by atoms with Gasteiger partial charge >= 0.3 is 0 Å². The molecule has 0 aromatic heterocycles. The highest BCUT2D eigenvalue weighted by Crippen LogP contribution is 2.28. The summed E-state index contributed by atoms with van der Waals surface area (Å²) in [5, 5.41) is 1.18. The zero-order chi connectivity index (χ0) is 14.0. The van der Waals surface area contributed by atoms with Crippen molar-refractivity contribution in [3.8, 4) is 0 Å². The molecule has 0 spiro atoms. The summed E-state index contributed by atoms with van der Waals surface area (Å²) in [7, 11) is 0. The first-order chi connectivity index (χ1) is 8.97. The molecule has 2 aromatic rings. The normalized spacial score (nSPS) is 12.5. The minimum Gasteiger partial charge on any atom is -0.324 e. The molecule has 1 nitrogen and oxygen atoms in total. The minimum atomic E-state index is -0.0745. The van der Waals surface area contributed by atoms with Gasteiger partial charge in [-0.05, 0) is 37.5 Å². The van der Waals surface area contributed by atoms with Crippen molar-refractivity contribution in [1.82, 2.24) is 0 Å². The van der Waals surface area contributed by atoms with E-state index in [-0.39, 0.29) is 6.04 Å². The summed E-state index contributed by atoms with van der Waals surface area (Å²) in [6, 6.07) is 12.0. The monoisotopic (exact) mass is 293 g/mol. The molecular weight excluding hydrogens is 277 g/mol. The number of benzene rings is 2. The maximum Gasteiger partial charge on any atom is 0.0624 e. The first-order valence-corrected chi connectivity index (χ1v) is 6.99. The third-order valence-electron chi connectivity index (χ3n) is 3.14. The third kappa shape index (κ3) is 3.50. The fourth-order valence-electron chi connectivity index (χ4n) is 2.28. The van der Waals surface area contributed by atoms with Gasteiger partial charge < -0.3 is 5.73 Å². The molecule has 2 N–H and O–H groups in total. The SMILES string of the molecule is Cc1cc(C)cc(C(N)Cc2cccc(Cl)c2Cl)c1. The Labute approximate surface area is 124 Å². The van der Waals surface area contributed by atoms with E-state index < -0.39 is 0 Å². The van der Waals surface area contributed by atoms with Crippen molar-refractivity contribution in [3.05, 3.63) is 68.7 Å². The van der Waals surface area contributed by atoms with Crippen molar-refractivity contribution in [1.29, 1.82) is 0 Å². The maximum atomic E-state index is 6.28. The Morgan fingerprint density at radius 2 is 1.68 bits per heavy atom.